The number of carbonyl (C=O) groups excluding carboxylic acids is 2. The van der Waals surface area contributed by atoms with Crippen molar-refractivity contribution in [3.63, 3.8) is 0 Å². The van der Waals surface area contributed by atoms with Crippen LogP contribution >= 0.6 is 11.6 Å². The van der Waals surface area contributed by atoms with Gasteiger partial charge in [0, 0.05) is 23.3 Å². The van der Waals surface area contributed by atoms with Gasteiger partial charge < -0.3 is 25.1 Å². The Morgan fingerprint density at radius 3 is 2.71 bits per heavy atom. The van der Waals surface area contributed by atoms with Gasteiger partial charge in [-0.25, -0.2) is 9.59 Å². The highest BCUT2D eigenvalue weighted by molar-refractivity contribution is 6.30. The van der Waals surface area contributed by atoms with E-state index in [0.717, 1.165) is 5.56 Å². The Bertz CT molecular complexity index is 862. The summed E-state index contributed by atoms with van der Waals surface area (Å²) in [6.45, 7) is 4.21. The van der Waals surface area contributed by atoms with Gasteiger partial charge in [-0.2, -0.15) is 0 Å². The van der Waals surface area contributed by atoms with Crippen LogP contribution in [-0.2, 0) is 9.53 Å². The second-order valence-corrected chi connectivity index (χ2v) is 6.75. The molecule has 3 rings (SSSR count). The van der Waals surface area contributed by atoms with E-state index >= 15 is 0 Å². The predicted octanol–water partition coefficient (Wildman–Crippen LogP) is 3.45. The Balaban J connectivity index is 1.86. The van der Waals surface area contributed by atoms with Gasteiger partial charge in [-0.1, -0.05) is 23.7 Å². The van der Waals surface area contributed by atoms with Gasteiger partial charge >= 0.3 is 12.0 Å². The number of urea groups is 1. The highest BCUT2D eigenvalue weighted by Crippen LogP contribution is 2.28. The normalized spacial score (nSPS) is 17.7. The van der Waals surface area contributed by atoms with Crippen molar-refractivity contribution < 1.29 is 18.7 Å². The van der Waals surface area contributed by atoms with Crippen molar-refractivity contribution in [1.82, 2.24) is 16.0 Å². The molecule has 2 heterocycles. The van der Waals surface area contributed by atoms with Crippen LogP contribution in [0.2, 0.25) is 5.02 Å². The first-order valence-corrected chi connectivity index (χ1v) is 9.37. The third-order valence-corrected chi connectivity index (χ3v) is 4.68. The minimum Gasteiger partial charge on any atom is -0.467 e. The molecule has 0 radical (unpaired) electrons. The summed E-state index contributed by atoms with van der Waals surface area (Å²) in [4.78, 5) is 24.8. The number of ether oxygens (including phenoxy) is 1. The zero-order chi connectivity index (χ0) is 20.1. The lowest BCUT2D eigenvalue weighted by atomic mass is 9.99. The van der Waals surface area contributed by atoms with Gasteiger partial charge in [-0.05, 0) is 43.7 Å². The Labute approximate surface area is 168 Å². The standard InChI is InChI=1S/C20H22ClN3O4/c1-3-27-19(25)17-15(11-22-12(2)13-6-8-14(21)9-7-13)23-20(26)24-18(17)16-5-4-10-28-16/h4-10,12,18,22H,3,11H2,1-2H3,(H2,23,24,26)/t12-,18+/m1/s1. The third kappa shape index (κ3) is 4.55. The summed E-state index contributed by atoms with van der Waals surface area (Å²) >= 11 is 5.94. The van der Waals surface area contributed by atoms with Crippen LogP contribution in [0.1, 0.15) is 37.3 Å². The van der Waals surface area contributed by atoms with Crippen LogP contribution in [-0.4, -0.2) is 25.2 Å². The zero-order valence-corrected chi connectivity index (χ0v) is 16.4. The fraction of sp³-hybridized carbons (Fsp3) is 0.300. The Kier molecular flexibility index (Phi) is 6.38. The maximum Gasteiger partial charge on any atom is 0.338 e. The summed E-state index contributed by atoms with van der Waals surface area (Å²) in [6, 6.07) is 9.73. The number of nitrogens with one attached hydrogen (secondary N) is 3. The smallest absolute Gasteiger partial charge is 0.338 e. The van der Waals surface area contributed by atoms with Gasteiger partial charge in [0.1, 0.15) is 11.8 Å². The second kappa shape index (κ2) is 8.95. The van der Waals surface area contributed by atoms with Gasteiger partial charge in [0.25, 0.3) is 0 Å². The van der Waals surface area contributed by atoms with Crippen molar-refractivity contribution in [2.45, 2.75) is 25.9 Å². The minimum absolute atomic E-state index is 0.0259. The van der Waals surface area contributed by atoms with Crippen molar-refractivity contribution in [1.29, 1.82) is 0 Å². The van der Waals surface area contributed by atoms with Crippen molar-refractivity contribution in [3.05, 3.63) is 70.3 Å². The van der Waals surface area contributed by atoms with Crippen LogP contribution in [0.4, 0.5) is 4.79 Å². The molecule has 0 bridgehead atoms. The highest BCUT2D eigenvalue weighted by atomic mass is 35.5. The maximum absolute atomic E-state index is 12.6. The molecule has 1 aliphatic heterocycles. The molecular weight excluding hydrogens is 382 g/mol. The van der Waals surface area contributed by atoms with E-state index in [-0.39, 0.29) is 19.2 Å². The highest BCUT2D eigenvalue weighted by Gasteiger charge is 2.35. The largest absolute Gasteiger partial charge is 0.467 e. The van der Waals surface area contributed by atoms with Gasteiger partial charge in [0.2, 0.25) is 0 Å². The molecular formula is C20H22ClN3O4. The Morgan fingerprint density at radius 2 is 2.07 bits per heavy atom. The fourth-order valence-electron chi connectivity index (χ4n) is 3.00. The Hall–Kier alpha value is -2.77. The molecule has 0 fully saturated rings. The molecule has 0 saturated heterocycles. The maximum atomic E-state index is 12.6. The molecule has 28 heavy (non-hydrogen) atoms. The van der Waals surface area contributed by atoms with Crippen molar-refractivity contribution in [2.24, 2.45) is 0 Å². The van der Waals surface area contributed by atoms with Crippen molar-refractivity contribution in [3.8, 4) is 0 Å². The number of esters is 1. The number of amides is 2. The summed E-state index contributed by atoms with van der Waals surface area (Å²) in [5.74, 6) is -0.0477. The molecule has 3 N–H and O–H groups in total. The monoisotopic (exact) mass is 403 g/mol. The molecule has 1 aliphatic rings. The van der Waals surface area contributed by atoms with Gasteiger partial charge in [-0.3, -0.25) is 0 Å². The van der Waals surface area contributed by atoms with Crippen LogP contribution in [0.5, 0.6) is 0 Å². The molecule has 8 heteroatoms. The molecule has 2 atom stereocenters. The lowest BCUT2D eigenvalue weighted by molar-refractivity contribution is -0.139. The van der Waals surface area contributed by atoms with E-state index in [1.807, 2.05) is 31.2 Å². The fourth-order valence-corrected chi connectivity index (χ4v) is 3.13. The van der Waals surface area contributed by atoms with E-state index < -0.39 is 18.0 Å². The summed E-state index contributed by atoms with van der Waals surface area (Å²) < 4.78 is 10.6. The van der Waals surface area contributed by atoms with E-state index in [2.05, 4.69) is 16.0 Å². The summed E-state index contributed by atoms with van der Waals surface area (Å²) in [5, 5.41) is 9.42. The van der Waals surface area contributed by atoms with E-state index in [9.17, 15) is 9.59 Å². The molecule has 7 nitrogen and oxygen atoms in total. The number of hydrogen-bond donors (Lipinski definition) is 3. The molecule has 2 aromatic rings. The van der Waals surface area contributed by atoms with Gasteiger partial charge in [0.05, 0.1) is 18.4 Å². The lowest BCUT2D eigenvalue weighted by Crippen LogP contribution is -2.48. The molecule has 1 aromatic carbocycles. The van der Waals surface area contributed by atoms with E-state index in [0.29, 0.717) is 22.1 Å². The SMILES string of the molecule is CCOC(=O)C1=C(CN[C@H](C)c2ccc(Cl)cc2)NC(=O)N[C@H]1c1ccco1. The summed E-state index contributed by atoms with van der Waals surface area (Å²) in [6.07, 6.45) is 1.49. The van der Waals surface area contributed by atoms with E-state index in [1.54, 1.807) is 19.1 Å². The van der Waals surface area contributed by atoms with E-state index in [4.69, 9.17) is 20.8 Å². The average molecular weight is 404 g/mol. The molecule has 0 aliphatic carbocycles. The van der Waals surface area contributed by atoms with Crippen LogP contribution in [0.15, 0.2) is 58.3 Å². The van der Waals surface area contributed by atoms with Crippen LogP contribution in [0, 0.1) is 0 Å². The first-order chi connectivity index (χ1) is 13.5. The van der Waals surface area contributed by atoms with E-state index in [1.165, 1.54) is 6.26 Å². The number of carbonyl (C=O) groups is 2. The number of hydrogen-bond acceptors (Lipinski definition) is 5. The topological polar surface area (TPSA) is 92.6 Å². The number of furan rings is 1. The van der Waals surface area contributed by atoms with Crippen LogP contribution in [0.25, 0.3) is 0 Å². The third-order valence-electron chi connectivity index (χ3n) is 4.43. The average Bonchev–Trinajstić information content (AvgIpc) is 3.21. The van der Waals surface area contributed by atoms with Crippen molar-refractivity contribution >= 4 is 23.6 Å². The lowest BCUT2D eigenvalue weighted by Gasteiger charge is -2.28. The zero-order valence-electron chi connectivity index (χ0n) is 15.6. The van der Waals surface area contributed by atoms with Crippen LogP contribution in [0.3, 0.4) is 0 Å². The number of rotatable bonds is 7. The molecule has 1 aromatic heterocycles. The van der Waals surface area contributed by atoms with Crippen LogP contribution < -0.4 is 16.0 Å². The number of benzene rings is 1. The summed E-state index contributed by atoms with van der Waals surface area (Å²) in [7, 11) is 0. The minimum atomic E-state index is -0.717. The first-order valence-electron chi connectivity index (χ1n) is 8.99. The Morgan fingerprint density at radius 1 is 1.32 bits per heavy atom. The molecule has 148 valence electrons. The van der Waals surface area contributed by atoms with Crippen molar-refractivity contribution in [2.75, 3.05) is 13.2 Å². The molecule has 2 amide bonds. The molecule has 0 spiro atoms. The quantitative estimate of drug-likeness (QED) is 0.616. The summed E-state index contributed by atoms with van der Waals surface area (Å²) in [5.41, 5.74) is 1.79. The first kappa shape index (κ1) is 20.0. The molecule has 0 unspecified atom stereocenters. The van der Waals surface area contributed by atoms with Gasteiger partial charge in [0.15, 0.2) is 0 Å². The molecule has 0 saturated carbocycles. The predicted molar refractivity (Wildman–Crippen MR) is 105 cm³/mol. The number of halogens is 1. The second-order valence-electron chi connectivity index (χ2n) is 6.31. The van der Waals surface area contributed by atoms with Gasteiger partial charge in [-0.15, -0.1) is 0 Å².